The molecule has 0 aliphatic heterocycles. The van der Waals surface area contributed by atoms with E-state index in [0.29, 0.717) is 30.2 Å². The maximum Gasteiger partial charge on any atom is 0.253 e. The van der Waals surface area contributed by atoms with Crippen molar-refractivity contribution in [2.45, 2.75) is 39.8 Å². The Balaban J connectivity index is 1.85. The molecule has 0 spiro atoms. The normalized spacial score (nSPS) is 12.0. The molecule has 6 heteroatoms. The summed E-state index contributed by atoms with van der Waals surface area (Å²) in [6.45, 7) is 7.11. The van der Waals surface area contributed by atoms with Gasteiger partial charge in [-0.15, -0.1) is 0 Å². The molecular formula is C24H29N3O2S. The zero-order chi connectivity index (χ0) is 21.7. The highest BCUT2D eigenvalue weighted by molar-refractivity contribution is 7.80. The first-order valence-corrected chi connectivity index (χ1v) is 10.6. The Morgan fingerprint density at radius 1 is 1.17 bits per heavy atom. The lowest BCUT2D eigenvalue weighted by Gasteiger charge is -2.28. The number of hydrogen-bond donors (Lipinski definition) is 3. The van der Waals surface area contributed by atoms with E-state index in [9.17, 15) is 9.90 Å². The lowest BCUT2D eigenvalue weighted by Crippen LogP contribution is -2.42. The minimum absolute atomic E-state index is 0.0371. The van der Waals surface area contributed by atoms with Crippen molar-refractivity contribution < 1.29 is 5.11 Å². The summed E-state index contributed by atoms with van der Waals surface area (Å²) in [5.74, 6) is 0. The fourth-order valence-corrected chi connectivity index (χ4v) is 3.89. The molecule has 3 aromatic rings. The number of nitrogens with zero attached hydrogens (tertiary/aromatic N) is 1. The van der Waals surface area contributed by atoms with Crippen LogP contribution in [0.3, 0.4) is 0 Å². The van der Waals surface area contributed by atoms with E-state index in [2.05, 4.69) is 35.4 Å². The molecule has 0 fully saturated rings. The zero-order valence-corrected chi connectivity index (χ0v) is 18.6. The van der Waals surface area contributed by atoms with Gasteiger partial charge in [0, 0.05) is 24.1 Å². The van der Waals surface area contributed by atoms with Gasteiger partial charge < -0.3 is 20.3 Å². The first kappa shape index (κ1) is 22.0. The average molecular weight is 424 g/mol. The molecule has 0 saturated carbocycles. The van der Waals surface area contributed by atoms with Crippen molar-refractivity contribution in [1.82, 2.24) is 15.2 Å². The van der Waals surface area contributed by atoms with Crippen molar-refractivity contribution in [3.63, 3.8) is 0 Å². The lowest BCUT2D eigenvalue weighted by molar-refractivity contribution is 0.263. The van der Waals surface area contributed by atoms with Crippen molar-refractivity contribution >= 4 is 28.2 Å². The number of fused-ring (bicyclic) bond motifs is 1. The highest BCUT2D eigenvalue weighted by atomic mass is 32.1. The van der Waals surface area contributed by atoms with Crippen LogP contribution in [-0.2, 0) is 6.54 Å². The number of pyridine rings is 1. The van der Waals surface area contributed by atoms with Gasteiger partial charge in [0.25, 0.3) is 5.56 Å². The number of aromatic nitrogens is 1. The maximum atomic E-state index is 12.8. The maximum absolute atomic E-state index is 12.8. The van der Waals surface area contributed by atoms with Crippen LogP contribution in [0.2, 0.25) is 0 Å². The number of hydrogen-bond acceptors (Lipinski definition) is 3. The highest BCUT2D eigenvalue weighted by Crippen LogP contribution is 2.20. The van der Waals surface area contributed by atoms with E-state index in [-0.39, 0.29) is 18.2 Å². The van der Waals surface area contributed by atoms with Gasteiger partial charge in [0.05, 0.1) is 18.1 Å². The summed E-state index contributed by atoms with van der Waals surface area (Å²) in [7, 11) is 0. The standard InChI is InChI=1S/C24H29N3O2S/c1-16-10-11-17(2)22-21(16)14-20(23(29)26-22)15-27(12-7-13-28)24(30)25-18(3)19-8-5-4-6-9-19/h4-6,8-11,14,18,28H,7,12-13,15H2,1-3H3,(H,25,30)(H,26,29)/t18-/m1/s1. The number of aromatic amines is 1. The van der Waals surface area contributed by atoms with Crippen LogP contribution in [0.5, 0.6) is 0 Å². The Labute approximate surface area is 182 Å². The van der Waals surface area contributed by atoms with Crippen molar-refractivity contribution in [1.29, 1.82) is 0 Å². The van der Waals surface area contributed by atoms with Gasteiger partial charge >= 0.3 is 0 Å². The van der Waals surface area contributed by atoms with Gasteiger partial charge in [0.1, 0.15) is 0 Å². The predicted octanol–water partition coefficient (Wildman–Crippen LogP) is 3.97. The molecule has 0 aliphatic rings. The number of aryl methyl sites for hydroxylation is 2. The van der Waals surface area contributed by atoms with E-state index >= 15 is 0 Å². The number of rotatable bonds is 7. The van der Waals surface area contributed by atoms with Gasteiger partial charge in [-0.1, -0.05) is 42.5 Å². The number of aliphatic hydroxyl groups is 1. The van der Waals surface area contributed by atoms with Gasteiger partial charge in [-0.05, 0) is 62.2 Å². The molecule has 1 heterocycles. The predicted molar refractivity (Wildman–Crippen MR) is 127 cm³/mol. The quantitative estimate of drug-likeness (QED) is 0.502. The van der Waals surface area contributed by atoms with Crippen LogP contribution in [0.1, 0.15) is 41.6 Å². The second-order valence-electron chi connectivity index (χ2n) is 7.69. The van der Waals surface area contributed by atoms with Gasteiger partial charge in [-0.25, -0.2) is 0 Å². The van der Waals surface area contributed by atoms with Crippen LogP contribution in [0, 0.1) is 13.8 Å². The van der Waals surface area contributed by atoms with Crippen LogP contribution in [0.25, 0.3) is 10.9 Å². The van der Waals surface area contributed by atoms with Crippen LogP contribution in [0.4, 0.5) is 0 Å². The molecular weight excluding hydrogens is 394 g/mol. The molecule has 1 aromatic heterocycles. The topological polar surface area (TPSA) is 68.4 Å². The van der Waals surface area contributed by atoms with E-state index in [4.69, 9.17) is 12.2 Å². The van der Waals surface area contributed by atoms with Crippen molar-refractivity contribution in [2.24, 2.45) is 0 Å². The Hall–Kier alpha value is -2.70. The summed E-state index contributed by atoms with van der Waals surface area (Å²) in [6.07, 6.45) is 0.575. The molecule has 0 unspecified atom stereocenters. The van der Waals surface area contributed by atoms with Gasteiger partial charge in [0.2, 0.25) is 0 Å². The SMILES string of the molecule is Cc1ccc(C)c2[nH]c(=O)c(CN(CCCO)C(=S)N[C@H](C)c3ccccc3)cc12. The summed E-state index contributed by atoms with van der Waals surface area (Å²) in [6, 6.07) is 16.2. The molecule has 1 atom stereocenters. The number of thiocarbonyl (C=S) groups is 1. The molecule has 3 N–H and O–H groups in total. The zero-order valence-electron chi connectivity index (χ0n) is 17.7. The molecule has 0 aliphatic carbocycles. The molecule has 0 amide bonds. The summed E-state index contributed by atoms with van der Waals surface area (Å²) in [5, 5.41) is 14.3. The third-order valence-electron chi connectivity index (χ3n) is 5.39. The van der Waals surface area contributed by atoms with Crippen LogP contribution in [0.15, 0.2) is 53.3 Å². The number of aliphatic hydroxyl groups excluding tert-OH is 1. The third kappa shape index (κ3) is 5.07. The van der Waals surface area contributed by atoms with Crippen LogP contribution < -0.4 is 10.9 Å². The third-order valence-corrected chi connectivity index (χ3v) is 5.77. The van der Waals surface area contributed by atoms with Crippen molar-refractivity contribution in [3.05, 3.63) is 81.1 Å². The molecule has 5 nitrogen and oxygen atoms in total. The van der Waals surface area contributed by atoms with E-state index in [0.717, 1.165) is 27.6 Å². The van der Waals surface area contributed by atoms with E-state index in [1.165, 1.54) is 0 Å². The molecule has 3 rings (SSSR count). The second kappa shape index (κ2) is 9.87. The minimum Gasteiger partial charge on any atom is -0.396 e. The summed E-state index contributed by atoms with van der Waals surface area (Å²) in [4.78, 5) is 17.8. The first-order valence-electron chi connectivity index (χ1n) is 10.2. The van der Waals surface area contributed by atoms with E-state index < -0.39 is 0 Å². The number of benzene rings is 2. The molecule has 0 radical (unpaired) electrons. The Morgan fingerprint density at radius 3 is 2.57 bits per heavy atom. The summed E-state index contributed by atoms with van der Waals surface area (Å²) >= 11 is 5.67. The van der Waals surface area contributed by atoms with E-state index in [1.54, 1.807) is 0 Å². The van der Waals surface area contributed by atoms with Crippen LogP contribution in [-0.4, -0.2) is 33.3 Å². The summed E-state index contributed by atoms with van der Waals surface area (Å²) in [5.41, 5.74) is 4.73. The fraction of sp³-hybridized carbons (Fsp3) is 0.333. The molecule has 0 saturated heterocycles. The molecule has 2 aromatic carbocycles. The average Bonchev–Trinajstić information content (AvgIpc) is 2.75. The van der Waals surface area contributed by atoms with Crippen molar-refractivity contribution in [3.8, 4) is 0 Å². The minimum atomic E-state index is -0.107. The van der Waals surface area contributed by atoms with Gasteiger partial charge in [-0.2, -0.15) is 0 Å². The van der Waals surface area contributed by atoms with Crippen molar-refractivity contribution in [2.75, 3.05) is 13.2 Å². The Bertz CT molecular complexity index is 1080. The summed E-state index contributed by atoms with van der Waals surface area (Å²) < 4.78 is 0. The van der Waals surface area contributed by atoms with E-state index in [1.807, 2.05) is 49.1 Å². The smallest absolute Gasteiger partial charge is 0.253 e. The van der Waals surface area contributed by atoms with Crippen LogP contribution >= 0.6 is 12.2 Å². The van der Waals surface area contributed by atoms with Gasteiger partial charge in [-0.3, -0.25) is 4.79 Å². The molecule has 30 heavy (non-hydrogen) atoms. The second-order valence-corrected chi connectivity index (χ2v) is 8.08. The Kier molecular flexibility index (Phi) is 7.24. The Morgan fingerprint density at radius 2 is 1.87 bits per heavy atom. The highest BCUT2D eigenvalue weighted by Gasteiger charge is 2.16. The van der Waals surface area contributed by atoms with Gasteiger partial charge in [0.15, 0.2) is 5.11 Å². The molecule has 0 bridgehead atoms. The largest absolute Gasteiger partial charge is 0.396 e. The monoisotopic (exact) mass is 423 g/mol. The number of H-pyrrole nitrogens is 1. The lowest BCUT2D eigenvalue weighted by atomic mass is 10.0. The molecule has 158 valence electrons. The first-order chi connectivity index (χ1) is 14.4. The fourth-order valence-electron chi connectivity index (χ4n) is 3.56. The number of nitrogens with one attached hydrogen (secondary N) is 2.